The Morgan fingerprint density at radius 3 is 2.67 bits per heavy atom. The average molecular weight is 411 g/mol. The smallest absolute Gasteiger partial charge is 0.329 e. The molecule has 0 saturated heterocycles. The number of nitrogens with one attached hydrogen (secondary N) is 3. The van der Waals surface area contributed by atoms with Crippen LogP contribution in [-0.2, 0) is 9.59 Å². The molecule has 0 radical (unpaired) electrons. The SMILES string of the molecule is Cc1cc(C)c(/C=C2\C(=O)N(C(=O)NCC(N)C(=O)NCCO)c3ccccc32)[nH]1. The van der Waals surface area contributed by atoms with Crippen molar-refractivity contribution in [3.05, 3.63) is 52.8 Å². The number of H-pyrrole nitrogens is 1. The van der Waals surface area contributed by atoms with Crippen LogP contribution in [0, 0.1) is 13.8 Å². The van der Waals surface area contributed by atoms with Gasteiger partial charge < -0.3 is 26.5 Å². The average Bonchev–Trinajstić information content (AvgIpc) is 3.19. The van der Waals surface area contributed by atoms with E-state index in [2.05, 4.69) is 15.6 Å². The number of nitrogens with zero attached hydrogens (tertiary/aromatic N) is 1. The summed E-state index contributed by atoms with van der Waals surface area (Å²) in [4.78, 5) is 41.9. The molecular formula is C21H25N5O4. The number of anilines is 1. The topological polar surface area (TPSA) is 141 Å². The Balaban J connectivity index is 1.81. The summed E-state index contributed by atoms with van der Waals surface area (Å²) in [5, 5.41) is 13.7. The third-order valence-corrected chi connectivity index (χ3v) is 4.77. The standard InChI is InChI=1S/C21H25N5O4/c1-12-9-13(2)25-17(12)10-15-14-5-3-4-6-18(14)26(20(15)29)21(30)24-11-16(22)19(28)23-7-8-27/h3-6,9-10,16,25,27H,7-8,11,22H2,1-2H3,(H,23,28)(H,24,30)/b15-10-. The van der Waals surface area contributed by atoms with Gasteiger partial charge >= 0.3 is 6.03 Å². The molecule has 0 aliphatic carbocycles. The number of benzene rings is 1. The van der Waals surface area contributed by atoms with Crippen LogP contribution in [0.3, 0.4) is 0 Å². The van der Waals surface area contributed by atoms with Gasteiger partial charge in [0.15, 0.2) is 0 Å². The zero-order valence-corrected chi connectivity index (χ0v) is 16.9. The van der Waals surface area contributed by atoms with E-state index in [-0.39, 0.29) is 19.7 Å². The highest BCUT2D eigenvalue weighted by molar-refractivity contribution is 6.42. The van der Waals surface area contributed by atoms with E-state index in [0.29, 0.717) is 16.8 Å². The number of amides is 4. The van der Waals surface area contributed by atoms with Crippen molar-refractivity contribution in [2.75, 3.05) is 24.6 Å². The minimum atomic E-state index is -1.01. The summed E-state index contributed by atoms with van der Waals surface area (Å²) in [6.45, 7) is 3.58. The number of carbonyl (C=O) groups excluding carboxylic acids is 3. The number of carbonyl (C=O) groups is 3. The van der Waals surface area contributed by atoms with Crippen molar-refractivity contribution in [3.8, 4) is 0 Å². The molecule has 9 heteroatoms. The van der Waals surface area contributed by atoms with Crippen LogP contribution in [0.25, 0.3) is 11.6 Å². The number of aliphatic hydroxyl groups is 1. The molecule has 4 amide bonds. The molecule has 2 heterocycles. The minimum absolute atomic E-state index is 0.0737. The first kappa shape index (κ1) is 21.3. The van der Waals surface area contributed by atoms with Gasteiger partial charge in [-0.3, -0.25) is 9.59 Å². The van der Waals surface area contributed by atoms with E-state index in [9.17, 15) is 14.4 Å². The third-order valence-electron chi connectivity index (χ3n) is 4.77. The maximum atomic E-state index is 13.1. The molecule has 1 atom stereocenters. The Morgan fingerprint density at radius 2 is 2.00 bits per heavy atom. The molecule has 158 valence electrons. The summed E-state index contributed by atoms with van der Waals surface area (Å²) in [6.07, 6.45) is 1.74. The number of hydrogen-bond acceptors (Lipinski definition) is 5. The first-order valence-corrected chi connectivity index (χ1v) is 9.57. The predicted molar refractivity (Wildman–Crippen MR) is 114 cm³/mol. The van der Waals surface area contributed by atoms with Crippen molar-refractivity contribution >= 4 is 35.2 Å². The fraction of sp³-hybridized carbons (Fsp3) is 0.286. The molecular weight excluding hydrogens is 386 g/mol. The minimum Gasteiger partial charge on any atom is -0.395 e. The number of aromatic nitrogens is 1. The number of aryl methyl sites for hydroxylation is 2. The molecule has 1 aliphatic rings. The molecule has 1 aromatic heterocycles. The van der Waals surface area contributed by atoms with Crippen LogP contribution in [0.4, 0.5) is 10.5 Å². The normalized spacial score (nSPS) is 15.3. The molecule has 6 N–H and O–H groups in total. The van der Waals surface area contributed by atoms with E-state index in [1.807, 2.05) is 19.9 Å². The van der Waals surface area contributed by atoms with E-state index in [0.717, 1.165) is 21.9 Å². The number of hydrogen-bond donors (Lipinski definition) is 5. The number of imide groups is 1. The highest BCUT2D eigenvalue weighted by atomic mass is 16.3. The number of para-hydroxylation sites is 1. The number of nitrogens with two attached hydrogens (primary N) is 1. The van der Waals surface area contributed by atoms with Crippen LogP contribution in [0.2, 0.25) is 0 Å². The van der Waals surface area contributed by atoms with E-state index in [1.165, 1.54) is 0 Å². The fourth-order valence-corrected chi connectivity index (χ4v) is 3.31. The van der Waals surface area contributed by atoms with Crippen molar-refractivity contribution in [2.45, 2.75) is 19.9 Å². The molecule has 3 rings (SSSR count). The van der Waals surface area contributed by atoms with Crippen LogP contribution >= 0.6 is 0 Å². The van der Waals surface area contributed by atoms with Gasteiger partial charge in [-0.15, -0.1) is 0 Å². The monoisotopic (exact) mass is 411 g/mol. The van der Waals surface area contributed by atoms with Crippen molar-refractivity contribution in [2.24, 2.45) is 5.73 Å². The van der Waals surface area contributed by atoms with Gasteiger partial charge in [0, 0.05) is 30.0 Å². The van der Waals surface area contributed by atoms with Crippen molar-refractivity contribution in [3.63, 3.8) is 0 Å². The Bertz CT molecular complexity index is 1010. The lowest BCUT2D eigenvalue weighted by Gasteiger charge is -2.18. The molecule has 0 saturated carbocycles. The summed E-state index contributed by atoms with van der Waals surface area (Å²) >= 11 is 0. The molecule has 2 aromatic rings. The molecule has 0 spiro atoms. The van der Waals surface area contributed by atoms with Crippen molar-refractivity contribution in [1.82, 2.24) is 15.6 Å². The lowest BCUT2D eigenvalue weighted by Crippen LogP contribution is -2.51. The second-order valence-corrected chi connectivity index (χ2v) is 7.07. The van der Waals surface area contributed by atoms with Crippen molar-refractivity contribution < 1.29 is 19.5 Å². The summed E-state index contributed by atoms with van der Waals surface area (Å²) < 4.78 is 0. The number of urea groups is 1. The van der Waals surface area contributed by atoms with Gasteiger partial charge in [0.05, 0.1) is 17.9 Å². The number of fused-ring (bicyclic) bond motifs is 1. The molecule has 0 bridgehead atoms. The Hall–Kier alpha value is -3.43. The van der Waals surface area contributed by atoms with E-state index >= 15 is 0 Å². The number of aliphatic hydroxyl groups excluding tert-OH is 1. The first-order valence-electron chi connectivity index (χ1n) is 9.57. The van der Waals surface area contributed by atoms with Crippen LogP contribution in [0.1, 0.15) is 22.5 Å². The molecule has 1 aromatic carbocycles. The molecule has 1 unspecified atom stereocenters. The third kappa shape index (κ3) is 4.27. The maximum absolute atomic E-state index is 13.1. The van der Waals surface area contributed by atoms with Gasteiger partial charge in [0.25, 0.3) is 5.91 Å². The van der Waals surface area contributed by atoms with E-state index < -0.39 is 23.9 Å². The van der Waals surface area contributed by atoms with Gasteiger partial charge in [-0.2, -0.15) is 0 Å². The summed E-state index contributed by atoms with van der Waals surface area (Å²) in [6, 6.07) is 7.32. The number of aromatic amines is 1. The molecule has 0 fully saturated rings. The second kappa shape index (κ2) is 8.93. The lowest BCUT2D eigenvalue weighted by molar-refractivity contribution is -0.122. The molecule has 1 aliphatic heterocycles. The highest BCUT2D eigenvalue weighted by Gasteiger charge is 2.36. The first-order chi connectivity index (χ1) is 14.3. The molecule has 30 heavy (non-hydrogen) atoms. The van der Waals surface area contributed by atoms with Crippen molar-refractivity contribution in [1.29, 1.82) is 0 Å². The van der Waals surface area contributed by atoms with Gasteiger partial charge in [-0.1, -0.05) is 18.2 Å². The zero-order valence-electron chi connectivity index (χ0n) is 16.9. The van der Waals surface area contributed by atoms with E-state index in [4.69, 9.17) is 10.8 Å². The Morgan fingerprint density at radius 1 is 1.27 bits per heavy atom. The van der Waals surface area contributed by atoms with Crippen LogP contribution in [0.15, 0.2) is 30.3 Å². The maximum Gasteiger partial charge on any atom is 0.329 e. The van der Waals surface area contributed by atoms with E-state index in [1.54, 1.807) is 30.3 Å². The summed E-state index contributed by atoms with van der Waals surface area (Å²) in [5.41, 5.74) is 10.0. The van der Waals surface area contributed by atoms with Gasteiger partial charge in [0.1, 0.15) is 6.04 Å². The largest absolute Gasteiger partial charge is 0.395 e. The Kier molecular flexibility index (Phi) is 6.34. The zero-order chi connectivity index (χ0) is 21.8. The van der Waals surface area contributed by atoms with Gasteiger partial charge in [-0.05, 0) is 37.6 Å². The van der Waals surface area contributed by atoms with Gasteiger partial charge in [0.2, 0.25) is 5.91 Å². The van der Waals surface area contributed by atoms with Gasteiger partial charge in [-0.25, -0.2) is 9.69 Å². The summed E-state index contributed by atoms with van der Waals surface area (Å²) in [5.74, 6) is -0.964. The fourth-order valence-electron chi connectivity index (χ4n) is 3.31. The van der Waals surface area contributed by atoms with Crippen LogP contribution in [0.5, 0.6) is 0 Å². The number of rotatable bonds is 6. The lowest BCUT2D eigenvalue weighted by atomic mass is 10.1. The predicted octanol–water partition coefficient (Wildman–Crippen LogP) is 0.664. The summed E-state index contributed by atoms with van der Waals surface area (Å²) in [7, 11) is 0. The quantitative estimate of drug-likeness (QED) is 0.444. The van der Waals surface area contributed by atoms with Crippen LogP contribution < -0.4 is 21.3 Å². The molecule has 9 nitrogen and oxygen atoms in total. The highest BCUT2D eigenvalue weighted by Crippen LogP contribution is 2.37. The second-order valence-electron chi connectivity index (χ2n) is 7.07. The Labute approximate surface area is 173 Å². The van der Waals surface area contributed by atoms with Crippen LogP contribution in [-0.4, -0.2) is 53.7 Å².